The molecule has 5 nitrogen and oxygen atoms in total. The summed E-state index contributed by atoms with van der Waals surface area (Å²) in [7, 11) is 0. The molecular formula is C21H23N3O2. The molecule has 3 rings (SSSR count). The number of hydrogen-bond acceptors (Lipinski definition) is 4. The molecule has 2 aromatic carbocycles. The molecule has 0 saturated carbocycles. The molecule has 0 aliphatic carbocycles. The molecule has 2 N–H and O–H groups in total. The van der Waals surface area contributed by atoms with Gasteiger partial charge in [-0.15, -0.1) is 0 Å². The van der Waals surface area contributed by atoms with E-state index in [0.29, 0.717) is 17.7 Å². The fourth-order valence-electron chi connectivity index (χ4n) is 3.38. The summed E-state index contributed by atoms with van der Waals surface area (Å²) in [6.45, 7) is 2.42. The van der Waals surface area contributed by atoms with Crippen LogP contribution in [0.5, 0.6) is 0 Å². The summed E-state index contributed by atoms with van der Waals surface area (Å²) in [6.07, 6.45) is 0.840. The Bertz CT molecular complexity index is 768. The Balaban J connectivity index is 1.64. The van der Waals surface area contributed by atoms with Crippen LogP contribution in [0, 0.1) is 17.2 Å². The smallest absolute Gasteiger partial charge is 0.251 e. The molecule has 2 aromatic rings. The number of nitrogens with one attached hydrogen (secondary N) is 1. The molecule has 5 heteroatoms. The van der Waals surface area contributed by atoms with Gasteiger partial charge in [0.2, 0.25) is 0 Å². The fraction of sp³-hybridized carbons (Fsp3) is 0.333. The summed E-state index contributed by atoms with van der Waals surface area (Å²) in [5.41, 5.74) is 2.42. The highest BCUT2D eigenvalue weighted by Crippen LogP contribution is 2.20. The van der Waals surface area contributed by atoms with Crippen molar-refractivity contribution in [1.29, 1.82) is 5.26 Å². The van der Waals surface area contributed by atoms with Crippen LogP contribution in [0.4, 0.5) is 0 Å². The maximum atomic E-state index is 12.5. The number of benzene rings is 2. The molecule has 2 unspecified atom stereocenters. The predicted octanol–water partition coefficient (Wildman–Crippen LogP) is 2.17. The topological polar surface area (TPSA) is 76.4 Å². The van der Waals surface area contributed by atoms with Crippen LogP contribution in [0.3, 0.4) is 0 Å². The number of rotatable bonds is 5. The molecule has 1 fully saturated rings. The number of piperidine rings is 1. The molecular weight excluding hydrogens is 326 g/mol. The van der Waals surface area contributed by atoms with E-state index in [4.69, 9.17) is 5.26 Å². The number of nitrogens with zero attached hydrogens (tertiary/aromatic N) is 2. The van der Waals surface area contributed by atoms with Crippen molar-refractivity contribution >= 4 is 5.91 Å². The van der Waals surface area contributed by atoms with Crippen molar-refractivity contribution in [3.05, 3.63) is 71.3 Å². The Kier molecular flexibility index (Phi) is 6.00. The van der Waals surface area contributed by atoms with Crippen molar-refractivity contribution in [1.82, 2.24) is 10.2 Å². The highest BCUT2D eigenvalue weighted by molar-refractivity contribution is 5.94. The SMILES string of the molecule is N#Cc1ccc(CN2CCC(CO)C(NC(=O)c3ccccc3)C2)cc1. The number of likely N-dealkylation sites (tertiary alicyclic amines) is 1. The van der Waals surface area contributed by atoms with Crippen molar-refractivity contribution in [3.63, 3.8) is 0 Å². The van der Waals surface area contributed by atoms with Crippen molar-refractivity contribution in [3.8, 4) is 6.07 Å². The summed E-state index contributed by atoms with van der Waals surface area (Å²) < 4.78 is 0. The maximum absolute atomic E-state index is 12.5. The monoisotopic (exact) mass is 349 g/mol. The van der Waals surface area contributed by atoms with Crippen LogP contribution in [-0.4, -0.2) is 41.7 Å². The third-order valence-electron chi connectivity index (χ3n) is 4.92. The molecule has 1 amide bonds. The second-order valence-corrected chi connectivity index (χ2v) is 6.72. The van der Waals surface area contributed by atoms with Crippen molar-refractivity contribution in [2.75, 3.05) is 19.7 Å². The second-order valence-electron chi connectivity index (χ2n) is 6.72. The average molecular weight is 349 g/mol. The van der Waals surface area contributed by atoms with Gasteiger partial charge in [0, 0.05) is 37.2 Å². The molecule has 1 saturated heterocycles. The molecule has 0 radical (unpaired) electrons. The number of hydrogen-bond donors (Lipinski definition) is 2. The molecule has 0 bridgehead atoms. The highest BCUT2D eigenvalue weighted by Gasteiger charge is 2.30. The Morgan fingerprint density at radius 2 is 1.92 bits per heavy atom. The zero-order chi connectivity index (χ0) is 18.4. The predicted molar refractivity (Wildman–Crippen MR) is 99.3 cm³/mol. The van der Waals surface area contributed by atoms with E-state index in [0.717, 1.165) is 25.1 Å². The first-order chi connectivity index (χ1) is 12.7. The Labute approximate surface area is 153 Å². The minimum Gasteiger partial charge on any atom is -0.396 e. The summed E-state index contributed by atoms with van der Waals surface area (Å²) in [4.78, 5) is 14.7. The first kappa shape index (κ1) is 18.1. The molecule has 0 spiro atoms. The van der Waals surface area contributed by atoms with E-state index < -0.39 is 0 Å². The van der Waals surface area contributed by atoms with E-state index in [1.165, 1.54) is 0 Å². The van der Waals surface area contributed by atoms with Gasteiger partial charge in [-0.3, -0.25) is 9.69 Å². The lowest BCUT2D eigenvalue weighted by Gasteiger charge is -2.38. The van der Waals surface area contributed by atoms with Gasteiger partial charge < -0.3 is 10.4 Å². The summed E-state index contributed by atoms with van der Waals surface area (Å²) in [6, 6.07) is 18.8. The Morgan fingerprint density at radius 3 is 2.58 bits per heavy atom. The van der Waals surface area contributed by atoms with Gasteiger partial charge in [0.25, 0.3) is 5.91 Å². The zero-order valence-corrected chi connectivity index (χ0v) is 14.6. The van der Waals surface area contributed by atoms with Crippen LogP contribution < -0.4 is 5.32 Å². The third kappa shape index (κ3) is 4.48. The zero-order valence-electron chi connectivity index (χ0n) is 14.6. The molecule has 1 heterocycles. The van der Waals surface area contributed by atoms with Gasteiger partial charge in [-0.2, -0.15) is 5.26 Å². The van der Waals surface area contributed by atoms with Crippen LogP contribution in [-0.2, 0) is 6.54 Å². The highest BCUT2D eigenvalue weighted by atomic mass is 16.3. The van der Waals surface area contributed by atoms with Crippen LogP contribution in [0.15, 0.2) is 54.6 Å². The molecule has 2 atom stereocenters. The number of aliphatic hydroxyl groups excluding tert-OH is 1. The van der Waals surface area contributed by atoms with Crippen LogP contribution in [0.2, 0.25) is 0 Å². The van der Waals surface area contributed by atoms with Crippen molar-refractivity contribution in [2.24, 2.45) is 5.92 Å². The van der Waals surface area contributed by atoms with Gasteiger partial charge in [-0.05, 0) is 42.8 Å². The van der Waals surface area contributed by atoms with Crippen LogP contribution in [0.1, 0.15) is 27.9 Å². The van der Waals surface area contributed by atoms with Gasteiger partial charge in [0.1, 0.15) is 0 Å². The first-order valence-corrected chi connectivity index (χ1v) is 8.87. The van der Waals surface area contributed by atoms with Gasteiger partial charge in [0.15, 0.2) is 0 Å². The van der Waals surface area contributed by atoms with Gasteiger partial charge >= 0.3 is 0 Å². The summed E-state index contributed by atoms with van der Waals surface area (Å²) in [5.74, 6) is -0.0332. The van der Waals surface area contributed by atoms with Crippen LogP contribution >= 0.6 is 0 Å². The van der Waals surface area contributed by atoms with E-state index in [1.54, 1.807) is 12.1 Å². The van der Waals surface area contributed by atoms with E-state index in [-0.39, 0.29) is 24.5 Å². The Morgan fingerprint density at radius 1 is 1.19 bits per heavy atom. The third-order valence-corrected chi connectivity index (χ3v) is 4.92. The number of nitriles is 1. The number of amides is 1. The number of carbonyl (C=O) groups is 1. The maximum Gasteiger partial charge on any atom is 0.251 e. The molecule has 1 aliphatic rings. The summed E-state index contributed by atoms with van der Waals surface area (Å²) >= 11 is 0. The minimum atomic E-state index is -0.103. The number of carbonyl (C=O) groups excluding carboxylic acids is 1. The molecule has 26 heavy (non-hydrogen) atoms. The average Bonchev–Trinajstić information content (AvgIpc) is 2.69. The van der Waals surface area contributed by atoms with E-state index in [2.05, 4.69) is 16.3 Å². The normalized spacial score (nSPS) is 20.3. The molecule has 0 aromatic heterocycles. The fourth-order valence-corrected chi connectivity index (χ4v) is 3.38. The van der Waals surface area contributed by atoms with Gasteiger partial charge in [-0.1, -0.05) is 30.3 Å². The minimum absolute atomic E-state index is 0.0693. The lowest BCUT2D eigenvalue weighted by Crippen LogP contribution is -2.53. The van der Waals surface area contributed by atoms with Crippen LogP contribution in [0.25, 0.3) is 0 Å². The lowest BCUT2D eigenvalue weighted by molar-refractivity contribution is 0.0730. The quantitative estimate of drug-likeness (QED) is 0.867. The largest absolute Gasteiger partial charge is 0.396 e. The van der Waals surface area contributed by atoms with E-state index in [9.17, 15) is 9.90 Å². The summed E-state index contributed by atoms with van der Waals surface area (Å²) in [5, 5.41) is 21.7. The molecule has 134 valence electrons. The first-order valence-electron chi connectivity index (χ1n) is 8.87. The standard InChI is InChI=1S/C21H23N3O2/c22-12-16-6-8-17(9-7-16)13-24-11-10-19(15-25)20(14-24)23-21(26)18-4-2-1-3-5-18/h1-9,19-20,25H,10-11,13-15H2,(H,23,26). The van der Waals surface area contributed by atoms with E-state index >= 15 is 0 Å². The van der Waals surface area contributed by atoms with E-state index in [1.807, 2.05) is 42.5 Å². The number of aliphatic hydroxyl groups is 1. The van der Waals surface area contributed by atoms with Gasteiger partial charge in [-0.25, -0.2) is 0 Å². The molecule has 1 aliphatic heterocycles. The second kappa shape index (κ2) is 8.61. The lowest BCUT2D eigenvalue weighted by atomic mass is 9.91. The Hall–Kier alpha value is -2.68. The van der Waals surface area contributed by atoms with Crippen molar-refractivity contribution in [2.45, 2.75) is 19.0 Å². The van der Waals surface area contributed by atoms with Gasteiger partial charge in [0.05, 0.1) is 11.6 Å². The van der Waals surface area contributed by atoms with Crippen molar-refractivity contribution < 1.29 is 9.90 Å².